The summed E-state index contributed by atoms with van der Waals surface area (Å²) < 4.78 is 30.6. The van der Waals surface area contributed by atoms with Gasteiger partial charge < -0.3 is 9.47 Å². The molecule has 0 amide bonds. The largest absolute Gasteiger partial charge is 0.352 e. The van der Waals surface area contributed by atoms with Crippen molar-refractivity contribution in [3.63, 3.8) is 0 Å². The smallest absolute Gasteiger partial charge is 0.262 e. The molecule has 1 aliphatic carbocycles. The van der Waals surface area contributed by atoms with Gasteiger partial charge >= 0.3 is 0 Å². The Labute approximate surface area is 162 Å². The summed E-state index contributed by atoms with van der Waals surface area (Å²) in [5, 5.41) is 13.2. The number of nitrogens with zero attached hydrogens (tertiary/aromatic N) is 8. The van der Waals surface area contributed by atoms with E-state index in [0.29, 0.717) is 24.8 Å². The van der Waals surface area contributed by atoms with Gasteiger partial charge in [-0.3, -0.25) is 0 Å². The molecule has 10 nitrogen and oxygen atoms in total. The molecular weight excluding hydrogens is 380 g/mol. The summed E-state index contributed by atoms with van der Waals surface area (Å²) in [6.45, 7) is 2.95. The van der Waals surface area contributed by atoms with Crippen molar-refractivity contribution in [2.75, 3.05) is 25.0 Å². The first-order valence-electron chi connectivity index (χ1n) is 9.30. The van der Waals surface area contributed by atoms with Crippen LogP contribution in [0.5, 0.6) is 0 Å². The molecule has 2 aliphatic rings. The first kappa shape index (κ1) is 17.6. The molecule has 1 saturated heterocycles. The van der Waals surface area contributed by atoms with Crippen LogP contribution >= 0.6 is 0 Å². The second-order valence-electron chi connectivity index (χ2n) is 7.61. The molecule has 0 aromatic carbocycles. The number of rotatable bonds is 5. The Balaban J connectivity index is 1.33. The van der Waals surface area contributed by atoms with E-state index in [1.807, 2.05) is 16.6 Å². The molecule has 148 valence electrons. The van der Waals surface area contributed by atoms with Gasteiger partial charge in [0.1, 0.15) is 11.6 Å². The van der Waals surface area contributed by atoms with Crippen molar-refractivity contribution in [3.8, 4) is 0 Å². The molecule has 0 radical (unpaired) electrons. The maximum absolute atomic E-state index is 12.8. The maximum Gasteiger partial charge on any atom is 0.262 e. The van der Waals surface area contributed by atoms with Gasteiger partial charge in [0.15, 0.2) is 16.5 Å². The standard InChI is InChI=1S/C17H22N8O2S/c1-11-18-16(10-22(11)2)28(26,27)23(3)13-8-24(9-13)15-7-6-14-19-20-17(12-4-5-12)25(14)21-15/h6-7,10,12-13H,4-5,8-9H2,1-3H3. The molecule has 0 atom stereocenters. The van der Waals surface area contributed by atoms with E-state index in [2.05, 4.69) is 25.2 Å². The third-order valence-corrected chi connectivity index (χ3v) is 7.43. The first-order valence-corrected chi connectivity index (χ1v) is 10.7. The SMILES string of the molecule is Cc1nc(S(=O)(=O)N(C)C2CN(c3ccc4nnc(C5CC5)n4n3)C2)cn1C. The van der Waals surface area contributed by atoms with Gasteiger partial charge in [0.2, 0.25) is 0 Å². The zero-order valence-corrected chi connectivity index (χ0v) is 16.8. The van der Waals surface area contributed by atoms with Gasteiger partial charge in [0, 0.05) is 39.3 Å². The van der Waals surface area contributed by atoms with E-state index in [9.17, 15) is 8.42 Å². The fourth-order valence-corrected chi connectivity index (χ4v) is 4.79. The highest BCUT2D eigenvalue weighted by Crippen LogP contribution is 2.39. The molecule has 1 aliphatic heterocycles. The molecule has 28 heavy (non-hydrogen) atoms. The third-order valence-electron chi connectivity index (χ3n) is 5.65. The number of aryl methyl sites for hydroxylation is 2. The van der Waals surface area contributed by atoms with Crippen LogP contribution in [0.4, 0.5) is 5.82 Å². The van der Waals surface area contributed by atoms with Crippen molar-refractivity contribution in [2.24, 2.45) is 7.05 Å². The van der Waals surface area contributed by atoms with Crippen LogP contribution < -0.4 is 4.90 Å². The van der Waals surface area contributed by atoms with Crippen LogP contribution in [-0.4, -0.2) is 68.3 Å². The molecular formula is C17H22N8O2S. The van der Waals surface area contributed by atoms with Crippen molar-refractivity contribution >= 4 is 21.5 Å². The average molecular weight is 402 g/mol. The minimum atomic E-state index is -3.61. The fraction of sp³-hybridized carbons (Fsp3) is 0.529. The van der Waals surface area contributed by atoms with Crippen LogP contribution in [-0.2, 0) is 17.1 Å². The third kappa shape index (κ3) is 2.68. The number of hydrogen-bond acceptors (Lipinski definition) is 7. The van der Waals surface area contributed by atoms with Crippen molar-refractivity contribution in [1.82, 2.24) is 33.7 Å². The molecule has 11 heteroatoms. The summed E-state index contributed by atoms with van der Waals surface area (Å²) in [4.78, 5) is 6.24. The number of aromatic nitrogens is 6. The molecule has 2 fully saturated rings. The predicted octanol–water partition coefficient (Wildman–Crippen LogP) is 0.553. The molecule has 0 N–H and O–H groups in total. The second-order valence-corrected chi connectivity index (χ2v) is 9.56. The lowest BCUT2D eigenvalue weighted by molar-refractivity contribution is 0.308. The number of sulfonamides is 1. The summed E-state index contributed by atoms with van der Waals surface area (Å²) in [7, 11) is -0.212. The summed E-state index contributed by atoms with van der Waals surface area (Å²) >= 11 is 0. The Bertz CT molecular complexity index is 1140. The van der Waals surface area contributed by atoms with E-state index < -0.39 is 10.0 Å². The Kier molecular flexibility index (Phi) is 3.75. The molecule has 0 unspecified atom stereocenters. The van der Waals surface area contributed by atoms with Crippen LogP contribution in [0.25, 0.3) is 5.65 Å². The van der Waals surface area contributed by atoms with Crippen molar-refractivity contribution in [3.05, 3.63) is 30.0 Å². The molecule has 3 aromatic heterocycles. The molecule has 3 aromatic rings. The highest BCUT2D eigenvalue weighted by atomic mass is 32.2. The van der Waals surface area contributed by atoms with E-state index in [1.165, 1.54) is 4.31 Å². The van der Waals surface area contributed by atoms with Gasteiger partial charge in [-0.15, -0.1) is 15.3 Å². The first-order chi connectivity index (χ1) is 13.3. The molecule has 1 saturated carbocycles. The van der Waals surface area contributed by atoms with Crippen molar-refractivity contribution < 1.29 is 8.42 Å². The predicted molar refractivity (Wildman–Crippen MR) is 102 cm³/mol. The van der Waals surface area contributed by atoms with Gasteiger partial charge in [-0.25, -0.2) is 13.4 Å². The Hall–Kier alpha value is -2.53. The second kappa shape index (κ2) is 5.98. The van der Waals surface area contributed by atoms with E-state index in [4.69, 9.17) is 0 Å². The van der Waals surface area contributed by atoms with E-state index >= 15 is 0 Å². The lowest BCUT2D eigenvalue weighted by Gasteiger charge is -2.43. The Morgan fingerprint density at radius 1 is 1.18 bits per heavy atom. The average Bonchev–Trinajstić information content (AvgIpc) is 3.29. The van der Waals surface area contributed by atoms with E-state index in [1.54, 1.807) is 31.8 Å². The van der Waals surface area contributed by atoms with Crippen LogP contribution in [0.3, 0.4) is 0 Å². The maximum atomic E-state index is 12.8. The minimum Gasteiger partial charge on any atom is -0.352 e. The zero-order chi connectivity index (χ0) is 19.6. The summed E-state index contributed by atoms with van der Waals surface area (Å²) in [5.74, 6) is 2.85. The zero-order valence-electron chi connectivity index (χ0n) is 16.0. The summed E-state index contributed by atoms with van der Waals surface area (Å²) in [6.07, 6.45) is 3.82. The highest BCUT2D eigenvalue weighted by molar-refractivity contribution is 7.89. The Morgan fingerprint density at radius 2 is 1.93 bits per heavy atom. The topological polar surface area (TPSA) is 102 Å². The molecule has 0 bridgehead atoms. The molecule has 4 heterocycles. The molecule has 5 rings (SSSR count). The minimum absolute atomic E-state index is 0.0894. The quantitative estimate of drug-likeness (QED) is 0.614. The van der Waals surface area contributed by atoms with Crippen LogP contribution in [0, 0.1) is 6.92 Å². The lowest BCUT2D eigenvalue weighted by Crippen LogP contribution is -2.60. The fourth-order valence-electron chi connectivity index (χ4n) is 3.43. The van der Waals surface area contributed by atoms with Gasteiger partial charge in [-0.1, -0.05) is 0 Å². The molecule has 0 spiro atoms. The van der Waals surface area contributed by atoms with Crippen LogP contribution in [0.1, 0.15) is 30.4 Å². The monoisotopic (exact) mass is 402 g/mol. The number of likely N-dealkylation sites (N-methyl/N-ethyl adjacent to an activating group) is 1. The lowest BCUT2D eigenvalue weighted by atomic mass is 10.1. The van der Waals surface area contributed by atoms with Gasteiger partial charge in [0.25, 0.3) is 10.0 Å². The number of hydrogen-bond donors (Lipinski definition) is 0. The van der Waals surface area contributed by atoms with Gasteiger partial charge in [-0.05, 0) is 31.9 Å². The summed E-state index contributed by atoms with van der Waals surface area (Å²) in [5.41, 5.74) is 0.743. The van der Waals surface area contributed by atoms with E-state index in [-0.39, 0.29) is 11.1 Å². The number of anilines is 1. The summed E-state index contributed by atoms with van der Waals surface area (Å²) in [6, 6.07) is 3.70. The number of fused-ring (bicyclic) bond motifs is 1. The van der Waals surface area contributed by atoms with Crippen molar-refractivity contribution in [1.29, 1.82) is 0 Å². The van der Waals surface area contributed by atoms with Crippen LogP contribution in [0.15, 0.2) is 23.4 Å². The van der Waals surface area contributed by atoms with Crippen molar-refractivity contribution in [2.45, 2.75) is 36.8 Å². The highest BCUT2D eigenvalue weighted by Gasteiger charge is 2.38. The van der Waals surface area contributed by atoms with Gasteiger partial charge in [-0.2, -0.15) is 8.82 Å². The number of imidazole rings is 1. The van der Waals surface area contributed by atoms with E-state index in [0.717, 1.165) is 30.1 Å². The van der Waals surface area contributed by atoms with Crippen LogP contribution in [0.2, 0.25) is 0 Å². The normalized spacial score (nSPS) is 18.2. The Morgan fingerprint density at radius 3 is 2.57 bits per heavy atom. The van der Waals surface area contributed by atoms with Gasteiger partial charge in [0.05, 0.1) is 6.04 Å².